The summed E-state index contributed by atoms with van der Waals surface area (Å²) in [5.41, 5.74) is -0.559. The summed E-state index contributed by atoms with van der Waals surface area (Å²) in [6.07, 6.45) is -4.63. The van der Waals surface area contributed by atoms with E-state index in [-0.39, 0.29) is 41.0 Å². The van der Waals surface area contributed by atoms with Gasteiger partial charge in [0.2, 0.25) is 0 Å². The van der Waals surface area contributed by atoms with Gasteiger partial charge in [0.25, 0.3) is 0 Å². The van der Waals surface area contributed by atoms with Gasteiger partial charge in [-0.25, -0.2) is 0 Å². The Labute approximate surface area is 167 Å². The zero-order valence-electron chi connectivity index (χ0n) is 14.1. The predicted molar refractivity (Wildman–Crippen MR) is 98.3 cm³/mol. The van der Waals surface area contributed by atoms with Crippen molar-refractivity contribution in [2.24, 2.45) is 5.92 Å². The number of nitrogens with zero attached hydrogens (tertiary/aromatic N) is 2. The Kier molecular flexibility index (Phi) is 6.60. The maximum absolute atomic E-state index is 13.7. The lowest BCUT2D eigenvalue weighted by atomic mass is 10.0. The van der Waals surface area contributed by atoms with Gasteiger partial charge < -0.3 is 9.67 Å². The molecule has 0 spiro atoms. The molecular formula is C18H15BrClF3N2O2. The van der Waals surface area contributed by atoms with Crippen molar-refractivity contribution in [1.29, 1.82) is 5.26 Å². The molecule has 0 fully saturated rings. The van der Waals surface area contributed by atoms with Crippen molar-refractivity contribution in [2.75, 3.05) is 0 Å². The summed E-state index contributed by atoms with van der Waals surface area (Å²) in [6, 6.07) is 7.99. The number of carboxylic acids is 1. The van der Waals surface area contributed by atoms with Crippen LogP contribution in [0.25, 0.3) is 11.3 Å². The van der Waals surface area contributed by atoms with Crippen LogP contribution >= 0.6 is 27.5 Å². The summed E-state index contributed by atoms with van der Waals surface area (Å²) in [7, 11) is 0. The highest BCUT2D eigenvalue weighted by atomic mass is 79.9. The summed E-state index contributed by atoms with van der Waals surface area (Å²) in [5.74, 6) is -1.34. The molecule has 1 atom stereocenters. The third kappa shape index (κ3) is 4.85. The highest BCUT2D eigenvalue weighted by Gasteiger charge is 2.40. The zero-order valence-corrected chi connectivity index (χ0v) is 16.5. The number of aliphatic carboxylic acids is 1. The smallest absolute Gasteiger partial charge is 0.432 e. The molecule has 1 aromatic heterocycles. The van der Waals surface area contributed by atoms with Crippen molar-refractivity contribution in [2.45, 2.75) is 32.5 Å². The monoisotopic (exact) mass is 462 g/mol. The summed E-state index contributed by atoms with van der Waals surface area (Å²) < 4.78 is 41.7. The maximum Gasteiger partial charge on any atom is 0.432 e. The van der Waals surface area contributed by atoms with E-state index in [1.165, 1.54) is 12.1 Å². The van der Waals surface area contributed by atoms with Gasteiger partial charge in [0, 0.05) is 18.0 Å². The van der Waals surface area contributed by atoms with Crippen LogP contribution in [0.15, 0.2) is 28.7 Å². The molecule has 1 N–H and O–H groups in total. The summed E-state index contributed by atoms with van der Waals surface area (Å²) in [5, 5.41) is 18.7. The number of carboxylic acid groups (broad SMARTS) is 1. The summed E-state index contributed by atoms with van der Waals surface area (Å²) >= 11 is 8.78. The molecule has 0 aliphatic heterocycles. The molecule has 9 heteroatoms. The van der Waals surface area contributed by atoms with E-state index < -0.39 is 17.8 Å². The molecule has 0 saturated heterocycles. The lowest BCUT2D eigenvalue weighted by molar-refractivity contribution is -0.144. The number of carbonyl (C=O) groups is 1. The number of hydrogen-bond acceptors (Lipinski definition) is 2. The van der Waals surface area contributed by atoms with Crippen molar-refractivity contribution in [3.8, 4) is 17.3 Å². The van der Waals surface area contributed by atoms with Crippen molar-refractivity contribution in [3.63, 3.8) is 0 Å². The second-order valence-electron chi connectivity index (χ2n) is 6.15. The van der Waals surface area contributed by atoms with Crippen molar-refractivity contribution < 1.29 is 23.1 Å². The third-order valence-electron chi connectivity index (χ3n) is 4.07. The van der Waals surface area contributed by atoms with E-state index >= 15 is 0 Å². The van der Waals surface area contributed by atoms with E-state index in [1.54, 1.807) is 19.1 Å². The number of aromatic nitrogens is 1. The van der Waals surface area contributed by atoms with Crippen LogP contribution in [0, 0.1) is 17.2 Å². The molecule has 1 heterocycles. The Balaban J connectivity index is 2.61. The van der Waals surface area contributed by atoms with E-state index in [9.17, 15) is 23.2 Å². The van der Waals surface area contributed by atoms with E-state index in [1.807, 2.05) is 6.07 Å². The molecule has 4 nitrogen and oxygen atoms in total. The van der Waals surface area contributed by atoms with Gasteiger partial charge in [0.05, 0.1) is 15.7 Å². The topological polar surface area (TPSA) is 66.0 Å². The lowest BCUT2D eigenvalue weighted by Crippen LogP contribution is -2.17. The minimum atomic E-state index is -4.69. The Bertz CT molecular complexity index is 886. The number of nitriles is 1. The van der Waals surface area contributed by atoms with Gasteiger partial charge in [-0.05, 0) is 46.0 Å². The molecule has 0 bridgehead atoms. The van der Waals surface area contributed by atoms with Crippen molar-refractivity contribution in [3.05, 3.63) is 45.0 Å². The molecule has 2 aromatic rings. The SMILES string of the molecule is CC(CCn1c(-c2ccc(Cl)cc2)c(C#N)c(Br)c1C(F)(F)F)CC(=O)O. The van der Waals surface area contributed by atoms with Crippen LogP contribution in [0.4, 0.5) is 13.2 Å². The van der Waals surface area contributed by atoms with Gasteiger partial charge in [0.1, 0.15) is 11.8 Å². The molecule has 27 heavy (non-hydrogen) atoms. The van der Waals surface area contributed by atoms with E-state index in [0.717, 1.165) is 4.57 Å². The third-order valence-corrected chi connectivity index (χ3v) is 5.09. The number of halogens is 5. The molecule has 2 rings (SSSR count). The largest absolute Gasteiger partial charge is 0.481 e. The number of alkyl halides is 3. The van der Waals surface area contributed by atoms with E-state index in [0.29, 0.717) is 10.6 Å². The molecule has 0 radical (unpaired) electrons. The Hall–Kier alpha value is -1.98. The fraction of sp³-hybridized carbons (Fsp3) is 0.333. The van der Waals surface area contributed by atoms with Crippen LogP contribution in [0.5, 0.6) is 0 Å². The van der Waals surface area contributed by atoms with E-state index in [4.69, 9.17) is 16.7 Å². The first-order valence-electron chi connectivity index (χ1n) is 7.93. The standard InChI is InChI=1S/C18H15BrClF3N2O2/c1-10(8-14(26)27)6-7-25-16(11-2-4-12(20)5-3-11)13(9-24)15(19)17(25)18(21,22)23/h2-5,10H,6-8H2,1H3,(H,26,27). The molecule has 0 saturated carbocycles. The van der Waals surface area contributed by atoms with Gasteiger partial charge in [-0.15, -0.1) is 0 Å². The molecule has 0 aliphatic carbocycles. The second-order valence-corrected chi connectivity index (χ2v) is 7.38. The van der Waals surface area contributed by atoms with Crippen LogP contribution in [0.1, 0.15) is 31.0 Å². The molecule has 0 aliphatic rings. The second kappa shape index (κ2) is 8.36. The first kappa shape index (κ1) is 21.3. The van der Waals surface area contributed by atoms with Gasteiger partial charge in [0.15, 0.2) is 0 Å². The molecule has 1 aromatic carbocycles. The average Bonchev–Trinajstić information content (AvgIpc) is 2.84. The van der Waals surface area contributed by atoms with Gasteiger partial charge in [-0.1, -0.05) is 30.7 Å². The molecule has 1 unspecified atom stereocenters. The first-order valence-corrected chi connectivity index (χ1v) is 9.10. The highest BCUT2D eigenvalue weighted by Crippen LogP contribution is 2.43. The quantitative estimate of drug-likeness (QED) is 0.574. The normalized spacial score (nSPS) is 12.6. The van der Waals surface area contributed by atoms with E-state index in [2.05, 4.69) is 15.9 Å². The number of benzene rings is 1. The van der Waals surface area contributed by atoms with Crippen molar-refractivity contribution in [1.82, 2.24) is 4.57 Å². The minimum Gasteiger partial charge on any atom is -0.481 e. The number of hydrogen-bond donors (Lipinski definition) is 1. The molecule has 144 valence electrons. The number of rotatable bonds is 6. The maximum atomic E-state index is 13.7. The van der Waals surface area contributed by atoms with Crippen LogP contribution in [-0.4, -0.2) is 15.6 Å². The minimum absolute atomic E-state index is 0.0818. The summed E-state index contributed by atoms with van der Waals surface area (Å²) in [6.45, 7) is 1.58. The van der Waals surface area contributed by atoms with Crippen LogP contribution in [0.2, 0.25) is 5.02 Å². The first-order chi connectivity index (χ1) is 12.6. The Morgan fingerprint density at radius 2 is 1.96 bits per heavy atom. The van der Waals surface area contributed by atoms with Crippen molar-refractivity contribution >= 4 is 33.5 Å². The van der Waals surface area contributed by atoms with Crippen LogP contribution in [-0.2, 0) is 17.5 Å². The Morgan fingerprint density at radius 3 is 2.44 bits per heavy atom. The highest BCUT2D eigenvalue weighted by molar-refractivity contribution is 9.10. The van der Waals surface area contributed by atoms with Crippen LogP contribution < -0.4 is 0 Å². The summed E-state index contributed by atoms with van der Waals surface area (Å²) in [4.78, 5) is 10.8. The average molecular weight is 464 g/mol. The van der Waals surface area contributed by atoms with Gasteiger partial charge >= 0.3 is 12.1 Å². The molecule has 0 amide bonds. The van der Waals surface area contributed by atoms with Crippen LogP contribution in [0.3, 0.4) is 0 Å². The molecular weight excluding hydrogens is 449 g/mol. The predicted octanol–water partition coefficient (Wildman–Crippen LogP) is 5.96. The lowest BCUT2D eigenvalue weighted by Gasteiger charge is -2.17. The van der Waals surface area contributed by atoms with Gasteiger partial charge in [-0.2, -0.15) is 18.4 Å². The Morgan fingerprint density at radius 1 is 1.37 bits per heavy atom. The fourth-order valence-corrected chi connectivity index (χ4v) is 3.69. The fourth-order valence-electron chi connectivity index (χ4n) is 2.85. The zero-order chi connectivity index (χ0) is 20.4. The van der Waals surface area contributed by atoms with Gasteiger partial charge in [-0.3, -0.25) is 4.79 Å².